The van der Waals surface area contributed by atoms with Crippen LogP contribution in [-0.4, -0.2) is 35.9 Å². The fourth-order valence-electron chi connectivity index (χ4n) is 2.60. The number of hydrogen-bond donors (Lipinski definition) is 2. The molecule has 28 heavy (non-hydrogen) atoms. The highest BCUT2D eigenvalue weighted by Crippen LogP contribution is 2.24. The Balaban J connectivity index is 1.85. The summed E-state index contributed by atoms with van der Waals surface area (Å²) in [4.78, 5) is 12.5. The van der Waals surface area contributed by atoms with Crippen LogP contribution in [0.3, 0.4) is 0 Å². The Morgan fingerprint density at radius 2 is 1.86 bits per heavy atom. The zero-order valence-electron chi connectivity index (χ0n) is 15.3. The van der Waals surface area contributed by atoms with Gasteiger partial charge in [-0.2, -0.15) is 0 Å². The van der Waals surface area contributed by atoms with E-state index >= 15 is 0 Å². The largest absolute Gasteiger partial charge is 0.492 e. The number of primary sulfonamides is 1. The number of para-hydroxylation sites is 2. The van der Waals surface area contributed by atoms with Crippen molar-refractivity contribution in [1.29, 1.82) is 0 Å². The normalized spacial score (nSPS) is 11.2. The van der Waals surface area contributed by atoms with Crippen molar-refractivity contribution in [3.8, 4) is 11.4 Å². The third-order valence-electron chi connectivity index (χ3n) is 3.94. The van der Waals surface area contributed by atoms with Gasteiger partial charge in [0.2, 0.25) is 10.0 Å². The van der Waals surface area contributed by atoms with Crippen molar-refractivity contribution in [1.82, 2.24) is 15.0 Å². The minimum absolute atomic E-state index is 0.0415. The number of hydrogen-bond acceptors (Lipinski definition) is 6. The monoisotopic (exact) mass is 401 g/mol. The lowest BCUT2D eigenvalue weighted by Gasteiger charge is -2.10. The van der Waals surface area contributed by atoms with E-state index in [2.05, 4.69) is 15.6 Å². The van der Waals surface area contributed by atoms with Crippen molar-refractivity contribution < 1.29 is 17.9 Å². The van der Waals surface area contributed by atoms with E-state index in [0.29, 0.717) is 29.4 Å². The molecule has 1 heterocycles. The Labute approximate surface area is 162 Å². The van der Waals surface area contributed by atoms with Crippen LogP contribution in [0.5, 0.6) is 5.75 Å². The summed E-state index contributed by atoms with van der Waals surface area (Å²) < 4.78 is 29.7. The molecule has 0 unspecified atom stereocenters. The lowest BCUT2D eigenvalue weighted by atomic mass is 10.2. The molecule has 0 aliphatic carbocycles. The topological polar surface area (TPSA) is 129 Å². The van der Waals surface area contributed by atoms with Gasteiger partial charge in [0.15, 0.2) is 5.69 Å². The Kier molecular flexibility index (Phi) is 5.43. The van der Waals surface area contributed by atoms with Gasteiger partial charge < -0.3 is 10.1 Å². The molecular weight excluding hydrogens is 382 g/mol. The molecular formula is C18H19N5O4S. The smallest absolute Gasteiger partial charge is 0.278 e. The number of nitrogens with zero attached hydrogens (tertiary/aromatic N) is 3. The minimum Gasteiger partial charge on any atom is -0.492 e. The third-order valence-corrected chi connectivity index (χ3v) is 4.87. The lowest BCUT2D eigenvalue weighted by molar-refractivity contribution is 0.102. The number of amides is 1. The molecule has 2 aromatic carbocycles. The highest BCUT2D eigenvalue weighted by Gasteiger charge is 2.19. The fourth-order valence-corrected chi connectivity index (χ4v) is 3.11. The molecule has 0 fully saturated rings. The SMILES string of the molecule is CCOc1ccccc1-n1nnc(C(=O)Nc2ccc(S(N)(=O)=O)cc2)c1C. The molecule has 1 amide bonds. The second-order valence-electron chi connectivity index (χ2n) is 5.86. The van der Waals surface area contributed by atoms with Crippen LogP contribution in [0, 0.1) is 6.92 Å². The second kappa shape index (κ2) is 7.79. The van der Waals surface area contributed by atoms with Gasteiger partial charge in [0.1, 0.15) is 11.4 Å². The quantitative estimate of drug-likeness (QED) is 0.649. The van der Waals surface area contributed by atoms with Crippen LogP contribution in [0.25, 0.3) is 5.69 Å². The number of aromatic nitrogens is 3. The number of nitrogens with two attached hydrogens (primary N) is 1. The van der Waals surface area contributed by atoms with Crippen molar-refractivity contribution in [2.45, 2.75) is 18.7 Å². The average Bonchev–Trinajstić information content (AvgIpc) is 3.03. The van der Waals surface area contributed by atoms with E-state index < -0.39 is 15.9 Å². The van der Waals surface area contributed by atoms with Crippen LogP contribution in [0.1, 0.15) is 23.1 Å². The highest BCUT2D eigenvalue weighted by atomic mass is 32.2. The van der Waals surface area contributed by atoms with Crippen molar-refractivity contribution >= 4 is 21.6 Å². The maximum atomic E-state index is 12.6. The number of ether oxygens (including phenoxy) is 1. The first kappa shape index (κ1) is 19.5. The summed E-state index contributed by atoms with van der Waals surface area (Å²) in [5.74, 6) is 0.157. The van der Waals surface area contributed by atoms with E-state index in [9.17, 15) is 13.2 Å². The maximum absolute atomic E-state index is 12.6. The molecule has 0 bridgehead atoms. The highest BCUT2D eigenvalue weighted by molar-refractivity contribution is 7.89. The van der Waals surface area contributed by atoms with Gasteiger partial charge in [0, 0.05) is 5.69 Å². The molecule has 0 saturated heterocycles. The van der Waals surface area contributed by atoms with Crippen LogP contribution in [-0.2, 0) is 10.0 Å². The van der Waals surface area contributed by atoms with E-state index in [-0.39, 0.29) is 10.6 Å². The molecule has 10 heteroatoms. The number of anilines is 1. The second-order valence-corrected chi connectivity index (χ2v) is 7.42. The summed E-state index contributed by atoms with van der Waals surface area (Å²) in [6, 6.07) is 12.8. The zero-order chi connectivity index (χ0) is 20.3. The number of sulfonamides is 1. The maximum Gasteiger partial charge on any atom is 0.278 e. The van der Waals surface area contributed by atoms with E-state index in [4.69, 9.17) is 9.88 Å². The number of benzene rings is 2. The van der Waals surface area contributed by atoms with Crippen molar-refractivity contribution in [2.75, 3.05) is 11.9 Å². The Morgan fingerprint density at radius 3 is 2.50 bits per heavy atom. The van der Waals surface area contributed by atoms with Crippen molar-refractivity contribution in [2.24, 2.45) is 5.14 Å². The molecule has 0 spiro atoms. The van der Waals surface area contributed by atoms with Gasteiger partial charge in [-0.05, 0) is 50.2 Å². The van der Waals surface area contributed by atoms with Crippen LogP contribution < -0.4 is 15.2 Å². The number of rotatable bonds is 6. The lowest BCUT2D eigenvalue weighted by Crippen LogP contribution is -2.15. The molecule has 0 atom stereocenters. The first-order valence-electron chi connectivity index (χ1n) is 8.40. The van der Waals surface area contributed by atoms with E-state index in [0.717, 1.165) is 0 Å². The van der Waals surface area contributed by atoms with Crippen LogP contribution in [0.15, 0.2) is 53.4 Å². The predicted octanol–water partition coefficient (Wildman–Crippen LogP) is 1.87. The summed E-state index contributed by atoms with van der Waals surface area (Å²) in [6.07, 6.45) is 0. The summed E-state index contributed by atoms with van der Waals surface area (Å²) in [5.41, 5.74) is 1.75. The van der Waals surface area contributed by atoms with Gasteiger partial charge in [-0.1, -0.05) is 17.3 Å². The molecule has 0 aliphatic heterocycles. The Bertz CT molecular complexity index is 1110. The van der Waals surface area contributed by atoms with Gasteiger partial charge in [0.25, 0.3) is 5.91 Å². The van der Waals surface area contributed by atoms with Crippen LogP contribution in [0.4, 0.5) is 5.69 Å². The molecule has 1 aromatic heterocycles. The fraction of sp³-hybridized carbons (Fsp3) is 0.167. The molecule has 3 rings (SSSR count). The van der Waals surface area contributed by atoms with E-state index in [1.54, 1.807) is 6.92 Å². The Morgan fingerprint density at radius 1 is 1.18 bits per heavy atom. The number of carbonyl (C=O) groups excluding carboxylic acids is 1. The third kappa shape index (κ3) is 4.02. The predicted molar refractivity (Wildman–Crippen MR) is 103 cm³/mol. The number of nitrogens with one attached hydrogen (secondary N) is 1. The van der Waals surface area contributed by atoms with Crippen LogP contribution in [0.2, 0.25) is 0 Å². The summed E-state index contributed by atoms with van der Waals surface area (Å²) in [6.45, 7) is 4.10. The molecule has 3 aromatic rings. The minimum atomic E-state index is -3.79. The number of carbonyl (C=O) groups is 1. The van der Waals surface area contributed by atoms with E-state index in [1.807, 2.05) is 31.2 Å². The molecule has 9 nitrogen and oxygen atoms in total. The van der Waals surface area contributed by atoms with Crippen LogP contribution >= 0.6 is 0 Å². The van der Waals surface area contributed by atoms with E-state index in [1.165, 1.54) is 28.9 Å². The molecule has 0 radical (unpaired) electrons. The van der Waals surface area contributed by atoms with Gasteiger partial charge in [0.05, 0.1) is 17.2 Å². The van der Waals surface area contributed by atoms with Crippen molar-refractivity contribution in [3.63, 3.8) is 0 Å². The first-order chi connectivity index (χ1) is 13.3. The molecule has 3 N–H and O–H groups in total. The summed E-state index contributed by atoms with van der Waals surface area (Å²) in [5, 5.41) is 15.8. The summed E-state index contributed by atoms with van der Waals surface area (Å²) in [7, 11) is -3.79. The summed E-state index contributed by atoms with van der Waals surface area (Å²) >= 11 is 0. The molecule has 0 saturated carbocycles. The molecule has 146 valence electrons. The van der Waals surface area contributed by atoms with Crippen molar-refractivity contribution in [3.05, 3.63) is 59.9 Å². The Hall–Kier alpha value is -3.24. The standard InChI is InChI=1S/C18H19N5O4S/c1-3-27-16-7-5-4-6-15(16)23-12(2)17(21-22-23)18(24)20-13-8-10-14(11-9-13)28(19,25)26/h4-11H,3H2,1-2H3,(H,20,24)(H2,19,25,26). The van der Waals surface area contributed by atoms with Gasteiger partial charge in [-0.25, -0.2) is 18.2 Å². The first-order valence-corrected chi connectivity index (χ1v) is 9.94. The van der Waals surface area contributed by atoms with Gasteiger partial charge in [-0.15, -0.1) is 5.10 Å². The van der Waals surface area contributed by atoms with Gasteiger partial charge >= 0.3 is 0 Å². The average molecular weight is 401 g/mol. The zero-order valence-corrected chi connectivity index (χ0v) is 16.1. The van der Waals surface area contributed by atoms with Gasteiger partial charge in [-0.3, -0.25) is 4.79 Å². The molecule has 0 aliphatic rings.